The van der Waals surface area contributed by atoms with Crippen molar-refractivity contribution < 1.29 is 4.79 Å². The van der Waals surface area contributed by atoms with Crippen LogP contribution < -0.4 is 5.32 Å². The number of benzene rings is 2. The van der Waals surface area contributed by atoms with Crippen LogP contribution in [-0.4, -0.2) is 21.1 Å². The van der Waals surface area contributed by atoms with Crippen molar-refractivity contribution >= 4 is 22.5 Å². The number of H-pyrrole nitrogens is 1. The normalized spacial score (nSPS) is 10.7. The average molecular weight is 314 g/mol. The van der Waals surface area contributed by atoms with E-state index >= 15 is 0 Å². The summed E-state index contributed by atoms with van der Waals surface area (Å²) in [6.45, 7) is 0. The Bertz CT molecular complexity index is 1010. The van der Waals surface area contributed by atoms with Crippen molar-refractivity contribution in [2.45, 2.75) is 0 Å². The molecule has 0 fully saturated rings. The molecule has 4 aromatic rings. The first kappa shape index (κ1) is 14.1. The van der Waals surface area contributed by atoms with Crippen LogP contribution in [0.2, 0.25) is 0 Å². The lowest BCUT2D eigenvalue weighted by Crippen LogP contribution is -2.14. The number of rotatable bonds is 3. The second-order valence-electron chi connectivity index (χ2n) is 5.39. The predicted molar refractivity (Wildman–Crippen MR) is 93.7 cm³/mol. The van der Waals surface area contributed by atoms with Crippen molar-refractivity contribution in [2.24, 2.45) is 0 Å². The second-order valence-corrected chi connectivity index (χ2v) is 5.39. The van der Waals surface area contributed by atoms with E-state index in [2.05, 4.69) is 20.5 Å². The zero-order valence-corrected chi connectivity index (χ0v) is 12.7. The number of anilines is 1. The summed E-state index contributed by atoms with van der Waals surface area (Å²) < 4.78 is 0. The molecular weight excluding hydrogens is 300 g/mol. The first-order valence-corrected chi connectivity index (χ1v) is 7.56. The van der Waals surface area contributed by atoms with E-state index in [-0.39, 0.29) is 5.91 Å². The number of carbonyl (C=O) groups excluding carboxylic acids is 1. The summed E-state index contributed by atoms with van der Waals surface area (Å²) in [6, 6.07) is 19.1. The predicted octanol–water partition coefficient (Wildman–Crippen LogP) is 3.88. The summed E-state index contributed by atoms with van der Waals surface area (Å²) in [7, 11) is 0. The van der Waals surface area contributed by atoms with Crippen LogP contribution in [0.5, 0.6) is 0 Å². The Morgan fingerprint density at radius 1 is 1.00 bits per heavy atom. The van der Waals surface area contributed by atoms with Gasteiger partial charge in [0.05, 0.1) is 11.7 Å². The molecule has 0 aliphatic rings. The molecule has 2 heterocycles. The molecule has 0 saturated heterocycles. The van der Waals surface area contributed by atoms with Gasteiger partial charge in [0, 0.05) is 22.8 Å². The fourth-order valence-electron chi connectivity index (χ4n) is 2.65. The van der Waals surface area contributed by atoms with Crippen molar-refractivity contribution in [3.63, 3.8) is 0 Å². The van der Waals surface area contributed by atoms with Crippen LogP contribution >= 0.6 is 0 Å². The molecule has 0 unspecified atom stereocenters. The summed E-state index contributed by atoms with van der Waals surface area (Å²) in [5, 5.41) is 10.7. The minimum atomic E-state index is -0.239. The number of hydrogen-bond acceptors (Lipinski definition) is 3. The smallest absolute Gasteiger partial charge is 0.274 e. The molecule has 0 aliphatic carbocycles. The number of hydrogen-bond donors (Lipinski definition) is 2. The van der Waals surface area contributed by atoms with Crippen molar-refractivity contribution in [3.05, 3.63) is 78.8 Å². The molecule has 5 nitrogen and oxygen atoms in total. The van der Waals surface area contributed by atoms with Crippen LogP contribution in [-0.2, 0) is 0 Å². The number of pyridine rings is 1. The molecule has 0 saturated carbocycles. The van der Waals surface area contributed by atoms with Crippen LogP contribution in [0, 0.1) is 0 Å². The SMILES string of the molecule is O=C(Nc1ccc2[nH]ncc2c1)c1ncccc1-c1ccccc1. The van der Waals surface area contributed by atoms with E-state index in [0.717, 1.165) is 22.0 Å². The van der Waals surface area contributed by atoms with Crippen LogP contribution in [0.25, 0.3) is 22.0 Å². The zero-order valence-electron chi connectivity index (χ0n) is 12.7. The molecule has 5 heteroatoms. The highest BCUT2D eigenvalue weighted by Gasteiger charge is 2.14. The van der Waals surface area contributed by atoms with E-state index < -0.39 is 0 Å². The minimum Gasteiger partial charge on any atom is -0.321 e. The number of nitrogens with one attached hydrogen (secondary N) is 2. The Hall–Kier alpha value is -3.47. The molecule has 0 atom stereocenters. The largest absolute Gasteiger partial charge is 0.321 e. The van der Waals surface area contributed by atoms with Gasteiger partial charge in [0.2, 0.25) is 0 Å². The maximum Gasteiger partial charge on any atom is 0.274 e. The van der Waals surface area contributed by atoms with Crippen molar-refractivity contribution in [1.82, 2.24) is 15.2 Å². The van der Waals surface area contributed by atoms with Crippen molar-refractivity contribution in [2.75, 3.05) is 5.32 Å². The van der Waals surface area contributed by atoms with Gasteiger partial charge in [0.1, 0.15) is 5.69 Å². The third-order valence-corrected chi connectivity index (χ3v) is 3.81. The van der Waals surface area contributed by atoms with Gasteiger partial charge in [-0.15, -0.1) is 0 Å². The molecule has 116 valence electrons. The third kappa shape index (κ3) is 2.63. The number of aromatic amines is 1. The Labute approximate surface area is 138 Å². The van der Waals surface area contributed by atoms with Crippen molar-refractivity contribution in [3.8, 4) is 11.1 Å². The third-order valence-electron chi connectivity index (χ3n) is 3.81. The first-order chi connectivity index (χ1) is 11.8. The van der Waals surface area contributed by atoms with Crippen LogP contribution in [0.3, 0.4) is 0 Å². The lowest BCUT2D eigenvalue weighted by molar-refractivity contribution is 0.102. The van der Waals surface area contributed by atoms with E-state index in [1.54, 1.807) is 12.4 Å². The number of aromatic nitrogens is 3. The maximum atomic E-state index is 12.7. The van der Waals surface area contributed by atoms with Gasteiger partial charge in [0.15, 0.2) is 0 Å². The van der Waals surface area contributed by atoms with Crippen molar-refractivity contribution in [1.29, 1.82) is 0 Å². The van der Waals surface area contributed by atoms with E-state index in [0.29, 0.717) is 11.4 Å². The van der Waals surface area contributed by atoms with Gasteiger partial charge in [-0.25, -0.2) is 0 Å². The lowest BCUT2D eigenvalue weighted by atomic mass is 10.0. The summed E-state index contributed by atoms with van der Waals surface area (Å²) in [4.78, 5) is 17.0. The Balaban J connectivity index is 1.67. The highest BCUT2D eigenvalue weighted by molar-refractivity contribution is 6.07. The fraction of sp³-hybridized carbons (Fsp3) is 0. The number of nitrogens with zero attached hydrogens (tertiary/aromatic N) is 2. The summed E-state index contributed by atoms with van der Waals surface area (Å²) in [5.74, 6) is -0.239. The Kier molecular flexibility index (Phi) is 3.51. The highest BCUT2D eigenvalue weighted by Crippen LogP contribution is 2.23. The average Bonchev–Trinajstić information content (AvgIpc) is 3.10. The first-order valence-electron chi connectivity index (χ1n) is 7.56. The van der Waals surface area contributed by atoms with Crippen LogP contribution in [0.4, 0.5) is 5.69 Å². The summed E-state index contributed by atoms with van der Waals surface area (Å²) in [5.41, 5.74) is 3.80. The van der Waals surface area contributed by atoms with E-state index in [4.69, 9.17) is 0 Å². The summed E-state index contributed by atoms with van der Waals surface area (Å²) >= 11 is 0. The van der Waals surface area contributed by atoms with E-state index in [1.165, 1.54) is 0 Å². The zero-order chi connectivity index (χ0) is 16.4. The molecule has 0 bridgehead atoms. The maximum absolute atomic E-state index is 12.7. The van der Waals surface area contributed by atoms with Gasteiger partial charge < -0.3 is 5.32 Å². The topological polar surface area (TPSA) is 70.7 Å². The minimum absolute atomic E-state index is 0.239. The number of carbonyl (C=O) groups is 1. The molecule has 2 N–H and O–H groups in total. The van der Waals surface area contributed by atoms with E-state index in [1.807, 2.05) is 60.7 Å². The quantitative estimate of drug-likeness (QED) is 0.603. The molecule has 0 spiro atoms. The highest BCUT2D eigenvalue weighted by atomic mass is 16.1. The standard InChI is InChI=1S/C19H14N4O/c24-19(22-15-8-9-17-14(11-15)12-21-23-17)18-16(7-4-10-20-18)13-5-2-1-3-6-13/h1-12H,(H,21,23)(H,22,24). The Morgan fingerprint density at radius 3 is 2.75 bits per heavy atom. The molecule has 1 amide bonds. The Morgan fingerprint density at radius 2 is 1.88 bits per heavy atom. The van der Waals surface area contributed by atoms with Gasteiger partial charge in [-0.05, 0) is 29.8 Å². The van der Waals surface area contributed by atoms with Gasteiger partial charge in [-0.2, -0.15) is 5.10 Å². The van der Waals surface area contributed by atoms with Gasteiger partial charge >= 0.3 is 0 Å². The summed E-state index contributed by atoms with van der Waals surface area (Å²) in [6.07, 6.45) is 3.35. The van der Waals surface area contributed by atoms with E-state index in [9.17, 15) is 4.79 Å². The number of amides is 1. The van der Waals surface area contributed by atoms with Crippen LogP contribution in [0.15, 0.2) is 73.1 Å². The monoisotopic (exact) mass is 314 g/mol. The molecular formula is C19H14N4O. The fourth-order valence-corrected chi connectivity index (χ4v) is 2.65. The van der Waals surface area contributed by atoms with Gasteiger partial charge in [0.25, 0.3) is 5.91 Å². The molecule has 2 aromatic carbocycles. The second kappa shape index (κ2) is 5.96. The molecule has 2 aromatic heterocycles. The molecule has 0 aliphatic heterocycles. The lowest BCUT2D eigenvalue weighted by Gasteiger charge is -2.09. The molecule has 24 heavy (non-hydrogen) atoms. The van der Waals surface area contributed by atoms with Gasteiger partial charge in [-0.1, -0.05) is 36.4 Å². The van der Waals surface area contributed by atoms with Gasteiger partial charge in [-0.3, -0.25) is 14.9 Å². The molecule has 0 radical (unpaired) electrons. The molecule has 4 rings (SSSR count). The number of fused-ring (bicyclic) bond motifs is 1. The van der Waals surface area contributed by atoms with Crippen LogP contribution in [0.1, 0.15) is 10.5 Å².